The fourth-order valence-corrected chi connectivity index (χ4v) is 3.68. The van der Waals surface area contributed by atoms with Crippen LogP contribution in [0.4, 0.5) is 5.69 Å². The van der Waals surface area contributed by atoms with Gasteiger partial charge in [-0.05, 0) is 53.2 Å². The van der Waals surface area contributed by atoms with Gasteiger partial charge in [-0.25, -0.2) is 0 Å². The predicted molar refractivity (Wildman–Crippen MR) is 118 cm³/mol. The Kier molecular flexibility index (Phi) is 5.20. The van der Waals surface area contributed by atoms with Gasteiger partial charge >= 0.3 is 0 Å². The lowest BCUT2D eigenvalue weighted by Crippen LogP contribution is -2.24. The van der Waals surface area contributed by atoms with Gasteiger partial charge in [0.2, 0.25) is 5.91 Å². The van der Waals surface area contributed by atoms with E-state index in [1.807, 2.05) is 79.7 Å². The molecule has 0 radical (unpaired) electrons. The SMILES string of the molecule is CC(C(=O)Nc1ccccc1Br)n1nc(-c2ccccc2)c2cc(Cl)ccc21. The molecule has 4 nitrogen and oxygen atoms in total. The number of halogens is 2. The van der Waals surface area contributed by atoms with E-state index in [2.05, 4.69) is 21.2 Å². The number of nitrogens with one attached hydrogen (secondary N) is 1. The molecule has 0 fully saturated rings. The van der Waals surface area contributed by atoms with Crippen LogP contribution in [-0.2, 0) is 4.79 Å². The Morgan fingerprint density at radius 2 is 1.79 bits per heavy atom. The van der Waals surface area contributed by atoms with E-state index >= 15 is 0 Å². The highest BCUT2D eigenvalue weighted by atomic mass is 79.9. The van der Waals surface area contributed by atoms with Crippen molar-refractivity contribution in [3.8, 4) is 11.3 Å². The molecule has 140 valence electrons. The maximum atomic E-state index is 12.9. The molecule has 1 amide bonds. The van der Waals surface area contributed by atoms with Gasteiger partial charge in [-0.2, -0.15) is 5.10 Å². The summed E-state index contributed by atoms with van der Waals surface area (Å²) >= 11 is 9.69. The number of amides is 1. The molecule has 0 bridgehead atoms. The predicted octanol–water partition coefficient (Wildman–Crippen LogP) is 6.32. The van der Waals surface area contributed by atoms with Crippen molar-refractivity contribution < 1.29 is 4.79 Å². The smallest absolute Gasteiger partial charge is 0.249 e. The number of benzene rings is 3. The van der Waals surface area contributed by atoms with Crippen molar-refractivity contribution in [2.24, 2.45) is 0 Å². The molecule has 1 unspecified atom stereocenters. The van der Waals surface area contributed by atoms with E-state index in [1.165, 1.54) is 0 Å². The van der Waals surface area contributed by atoms with E-state index < -0.39 is 6.04 Å². The second-order valence-electron chi connectivity index (χ2n) is 6.47. The Bertz CT molecular complexity index is 1160. The molecule has 1 aromatic heterocycles. The first kappa shape index (κ1) is 18.7. The minimum absolute atomic E-state index is 0.147. The maximum absolute atomic E-state index is 12.9. The number of hydrogen-bond acceptors (Lipinski definition) is 2. The van der Waals surface area contributed by atoms with Gasteiger partial charge in [-0.15, -0.1) is 0 Å². The first-order valence-electron chi connectivity index (χ1n) is 8.83. The number of para-hydroxylation sites is 1. The highest BCUT2D eigenvalue weighted by Crippen LogP contribution is 2.32. The van der Waals surface area contributed by atoms with Gasteiger partial charge in [0.15, 0.2) is 0 Å². The van der Waals surface area contributed by atoms with Crippen molar-refractivity contribution in [3.63, 3.8) is 0 Å². The molecular weight excluding hydrogens is 438 g/mol. The summed E-state index contributed by atoms with van der Waals surface area (Å²) in [5, 5.41) is 9.28. The third-order valence-corrected chi connectivity index (χ3v) is 5.52. The zero-order chi connectivity index (χ0) is 19.7. The summed E-state index contributed by atoms with van der Waals surface area (Å²) in [5.74, 6) is -0.147. The molecule has 0 aliphatic carbocycles. The van der Waals surface area contributed by atoms with Crippen molar-refractivity contribution in [1.82, 2.24) is 9.78 Å². The van der Waals surface area contributed by atoms with Crippen LogP contribution in [0.3, 0.4) is 0 Å². The minimum atomic E-state index is -0.506. The van der Waals surface area contributed by atoms with Crippen molar-refractivity contribution in [3.05, 3.63) is 82.3 Å². The molecule has 0 saturated carbocycles. The average molecular weight is 455 g/mol. The number of carbonyl (C=O) groups excluding carboxylic acids is 1. The summed E-state index contributed by atoms with van der Waals surface area (Å²) in [6.07, 6.45) is 0. The summed E-state index contributed by atoms with van der Waals surface area (Å²) < 4.78 is 2.58. The van der Waals surface area contributed by atoms with Crippen LogP contribution in [-0.4, -0.2) is 15.7 Å². The minimum Gasteiger partial charge on any atom is -0.323 e. The normalized spacial score (nSPS) is 12.1. The van der Waals surface area contributed by atoms with Crippen LogP contribution >= 0.6 is 27.5 Å². The number of rotatable bonds is 4. The molecule has 4 rings (SSSR count). The lowest BCUT2D eigenvalue weighted by Gasteiger charge is -2.14. The average Bonchev–Trinajstić information content (AvgIpc) is 3.08. The highest BCUT2D eigenvalue weighted by Gasteiger charge is 2.22. The number of hydrogen-bond donors (Lipinski definition) is 1. The first-order valence-corrected chi connectivity index (χ1v) is 10.0. The molecule has 4 aromatic rings. The molecule has 1 heterocycles. The van der Waals surface area contributed by atoms with Gasteiger partial charge in [-0.3, -0.25) is 9.48 Å². The van der Waals surface area contributed by atoms with E-state index in [4.69, 9.17) is 16.7 Å². The summed E-state index contributed by atoms with van der Waals surface area (Å²) in [6, 6.07) is 22.5. The number of anilines is 1. The number of aromatic nitrogens is 2. The standard InChI is InChI=1S/C22H17BrClN3O/c1-14(22(28)25-19-10-6-5-9-18(19)23)27-20-12-11-16(24)13-17(20)21(26-27)15-7-3-2-4-8-15/h2-14H,1H3,(H,25,28). The van der Waals surface area contributed by atoms with Gasteiger partial charge in [-0.1, -0.05) is 54.1 Å². The Morgan fingerprint density at radius 1 is 1.07 bits per heavy atom. The van der Waals surface area contributed by atoms with Crippen LogP contribution in [0.15, 0.2) is 77.3 Å². The van der Waals surface area contributed by atoms with Gasteiger partial charge in [0.05, 0.1) is 11.2 Å². The third kappa shape index (κ3) is 3.55. The van der Waals surface area contributed by atoms with E-state index in [0.29, 0.717) is 5.02 Å². The Hall–Kier alpha value is -2.63. The fourth-order valence-electron chi connectivity index (χ4n) is 3.13. The van der Waals surface area contributed by atoms with Gasteiger partial charge < -0.3 is 5.32 Å². The maximum Gasteiger partial charge on any atom is 0.249 e. The van der Waals surface area contributed by atoms with Crippen molar-refractivity contribution in [2.45, 2.75) is 13.0 Å². The Balaban J connectivity index is 1.76. The molecule has 0 aliphatic rings. The lowest BCUT2D eigenvalue weighted by molar-refractivity contribution is -0.118. The molecule has 28 heavy (non-hydrogen) atoms. The van der Waals surface area contributed by atoms with E-state index in [-0.39, 0.29) is 5.91 Å². The van der Waals surface area contributed by atoms with Crippen molar-refractivity contribution >= 4 is 50.0 Å². The topological polar surface area (TPSA) is 46.9 Å². The van der Waals surface area contributed by atoms with Crippen LogP contribution in [0.1, 0.15) is 13.0 Å². The van der Waals surface area contributed by atoms with Crippen LogP contribution in [0.25, 0.3) is 22.2 Å². The van der Waals surface area contributed by atoms with Crippen LogP contribution < -0.4 is 5.32 Å². The van der Waals surface area contributed by atoms with E-state index in [0.717, 1.165) is 32.3 Å². The molecular formula is C22H17BrClN3O. The second-order valence-corrected chi connectivity index (χ2v) is 7.76. The fraction of sp³-hybridized carbons (Fsp3) is 0.0909. The third-order valence-electron chi connectivity index (χ3n) is 4.59. The highest BCUT2D eigenvalue weighted by molar-refractivity contribution is 9.10. The number of carbonyl (C=O) groups is 1. The molecule has 1 N–H and O–H groups in total. The van der Waals surface area contributed by atoms with Gasteiger partial charge in [0.1, 0.15) is 11.7 Å². The van der Waals surface area contributed by atoms with Crippen molar-refractivity contribution in [2.75, 3.05) is 5.32 Å². The molecule has 0 saturated heterocycles. The second kappa shape index (κ2) is 7.78. The Labute approximate surface area is 176 Å². The lowest BCUT2D eigenvalue weighted by atomic mass is 10.1. The molecule has 3 aromatic carbocycles. The van der Waals surface area contributed by atoms with Gasteiger partial charge in [0.25, 0.3) is 0 Å². The number of nitrogens with zero attached hydrogens (tertiary/aromatic N) is 2. The molecule has 6 heteroatoms. The largest absolute Gasteiger partial charge is 0.323 e. The zero-order valence-corrected chi connectivity index (χ0v) is 17.4. The Morgan fingerprint density at radius 3 is 2.54 bits per heavy atom. The first-order chi connectivity index (χ1) is 13.5. The van der Waals surface area contributed by atoms with Crippen LogP contribution in [0.5, 0.6) is 0 Å². The summed E-state index contributed by atoms with van der Waals surface area (Å²) in [6.45, 7) is 1.84. The molecule has 1 atom stereocenters. The monoisotopic (exact) mass is 453 g/mol. The van der Waals surface area contributed by atoms with Crippen molar-refractivity contribution in [1.29, 1.82) is 0 Å². The van der Waals surface area contributed by atoms with E-state index in [1.54, 1.807) is 4.68 Å². The van der Waals surface area contributed by atoms with Gasteiger partial charge in [0, 0.05) is 20.4 Å². The molecule has 0 aliphatic heterocycles. The summed E-state index contributed by atoms with van der Waals surface area (Å²) in [4.78, 5) is 12.9. The van der Waals surface area contributed by atoms with E-state index in [9.17, 15) is 4.79 Å². The van der Waals surface area contributed by atoms with Crippen LogP contribution in [0.2, 0.25) is 5.02 Å². The number of fused-ring (bicyclic) bond motifs is 1. The zero-order valence-electron chi connectivity index (χ0n) is 15.1. The summed E-state index contributed by atoms with van der Waals surface area (Å²) in [7, 11) is 0. The molecule has 0 spiro atoms. The quantitative estimate of drug-likeness (QED) is 0.392. The van der Waals surface area contributed by atoms with Crippen LogP contribution in [0, 0.1) is 0 Å². The summed E-state index contributed by atoms with van der Waals surface area (Å²) in [5.41, 5.74) is 3.37.